The molecule has 110 valence electrons. The van der Waals surface area contributed by atoms with Crippen LogP contribution in [0.2, 0.25) is 0 Å². The normalized spacial score (nSPS) is 12.1. The molecule has 0 unspecified atom stereocenters. The molecule has 3 aromatic heterocycles. The number of pyridine rings is 1. The minimum atomic E-state index is -3.66. The molecule has 3 aromatic rings. The highest BCUT2D eigenvalue weighted by molar-refractivity contribution is 7.92. The van der Waals surface area contributed by atoms with Gasteiger partial charge in [0.15, 0.2) is 5.65 Å². The van der Waals surface area contributed by atoms with Crippen LogP contribution >= 0.6 is 0 Å². The van der Waals surface area contributed by atoms with Crippen molar-refractivity contribution in [2.75, 3.05) is 4.72 Å². The summed E-state index contributed by atoms with van der Waals surface area (Å²) in [6.07, 6.45) is 5.69. The Kier molecular flexibility index (Phi) is 3.13. The van der Waals surface area contributed by atoms with Crippen molar-refractivity contribution in [3.8, 4) is 0 Å². The summed E-state index contributed by atoms with van der Waals surface area (Å²) in [6, 6.07) is 1.88. The second-order valence-corrected chi connectivity index (χ2v) is 6.54. The van der Waals surface area contributed by atoms with E-state index in [0.29, 0.717) is 5.69 Å². The van der Waals surface area contributed by atoms with Gasteiger partial charge in [0.05, 0.1) is 24.3 Å². The van der Waals surface area contributed by atoms with Crippen LogP contribution in [-0.2, 0) is 10.0 Å². The number of aromatic nitrogens is 5. The maximum absolute atomic E-state index is 12.1. The van der Waals surface area contributed by atoms with Crippen LogP contribution in [-0.4, -0.2) is 33.4 Å². The molecule has 3 heterocycles. The molecule has 0 fully saturated rings. The molecule has 3 rings (SSSR count). The smallest absolute Gasteiger partial charge is 0.265 e. The van der Waals surface area contributed by atoms with Crippen molar-refractivity contribution in [2.45, 2.75) is 24.8 Å². The zero-order chi connectivity index (χ0) is 15.0. The van der Waals surface area contributed by atoms with Crippen molar-refractivity contribution in [1.82, 2.24) is 25.0 Å². The van der Waals surface area contributed by atoms with Crippen LogP contribution in [0.4, 0.5) is 5.69 Å². The Hall–Kier alpha value is -2.42. The van der Waals surface area contributed by atoms with Crippen LogP contribution in [0.3, 0.4) is 0 Å². The van der Waals surface area contributed by atoms with Crippen molar-refractivity contribution in [3.63, 3.8) is 0 Å². The lowest BCUT2D eigenvalue weighted by molar-refractivity contribution is 0.546. The number of nitrogens with one attached hydrogen (secondary N) is 2. The van der Waals surface area contributed by atoms with Gasteiger partial charge in [-0.25, -0.2) is 18.1 Å². The molecule has 2 N–H and O–H groups in total. The predicted molar refractivity (Wildman–Crippen MR) is 77.3 cm³/mol. The summed E-state index contributed by atoms with van der Waals surface area (Å²) < 4.78 is 28.4. The Morgan fingerprint density at radius 2 is 2.10 bits per heavy atom. The van der Waals surface area contributed by atoms with Gasteiger partial charge in [-0.05, 0) is 19.9 Å². The highest BCUT2D eigenvalue weighted by Crippen LogP contribution is 2.21. The molecule has 0 radical (unpaired) electrons. The zero-order valence-corrected chi connectivity index (χ0v) is 12.3. The van der Waals surface area contributed by atoms with Crippen molar-refractivity contribution < 1.29 is 8.42 Å². The quantitative estimate of drug-likeness (QED) is 0.760. The molecular weight excluding hydrogens is 292 g/mol. The largest absolute Gasteiger partial charge is 0.284 e. The van der Waals surface area contributed by atoms with Crippen LogP contribution in [0.1, 0.15) is 19.9 Å². The molecule has 0 aliphatic heterocycles. The van der Waals surface area contributed by atoms with Crippen LogP contribution in [0.25, 0.3) is 11.0 Å². The van der Waals surface area contributed by atoms with E-state index in [9.17, 15) is 8.42 Å². The van der Waals surface area contributed by atoms with E-state index in [1.165, 1.54) is 18.6 Å². The topological polar surface area (TPSA) is 106 Å². The molecular formula is C12H14N6O2S. The fourth-order valence-electron chi connectivity index (χ4n) is 1.97. The number of sulfonamides is 1. The molecule has 0 spiro atoms. The average Bonchev–Trinajstić information content (AvgIpc) is 3.07. The Bertz CT molecular complexity index is 866. The monoisotopic (exact) mass is 306 g/mol. The third-order valence-electron chi connectivity index (χ3n) is 2.96. The molecule has 9 heteroatoms. The number of H-pyrrole nitrogens is 1. The van der Waals surface area contributed by atoms with Gasteiger partial charge in [0.1, 0.15) is 4.90 Å². The molecule has 21 heavy (non-hydrogen) atoms. The summed E-state index contributed by atoms with van der Waals surface area (Å²) in [5.41, 5.74) is 1.10. The summed E-state index contributed by atoms with van der Waals surface area (Å²) >= 11 is 0. The number of aromatic amines is 1. The number of nitrogens with zero attached hydrogens (tertiary/aromatic N) is 4. The molecule has 0 aliphatic rings. The van der Waals surface area contributed by atoms with E-state index in [0.717, 1.165) is 11.0 Å². The van der Waals surface area contributed by atoms with Gasteiger partial charge >= 0.3 is 0 Å². The Labute approximate surface area is 121 Å². The van der Waals surface area contributed by atoms with Gasteiger partial charge in [0, 0.05) is 17.6 Å². The van der Waals surface area contributed by atoms with Gasteiger partial charge in [0.2, 0.25) is 0 Å². The molecule has 0 aliphatic carbocycles. The molecule has 0 atom stereocenters. The van der Waals surface area contributed by atoms with Crippen molar-refractivity contribution >= 4 is 26.7 Å². The third-order valence-corrected chi connectivity index (χ3v) is 4.31. The van der Waals surface area contributed by atoms with E-state index in [-0.39, 0.29) is 10.9 Å². The summed E-state index contributed by atoms with van der Waals surface area (Å²) in [6.45, 7) is 4.01. The lowest BCUT2D eigenvalue weighted by Crippen LogP contribution is -2.12. The van der Waals surface area contributed by atoms with E-state index in [1.807, 2.05) is 13.8 Å². The lowest BCUT2D eigenvalue weighted by atomic mass is 10.3. The molecule has 0 saturated carbocycles. The second-order valence-electron chi connectivity index (χ2n) is 4.86. The number of fused-ring (bicyclic) bond motifs is 1. The van der Waals surface area contributed by atoms with Gasteiger partial charge < -0.3 is 0 Å². The minimum Gasteiger partial charge on any atom is -0.284 e. The van der Waals surface area contributed by atoms with Gasteiger partial charge in [-0.15, -0.1) is 0 Å². The fraction of sp³-hybridized carbons (Fsp3) is 0.250. The first kappa shape index (κ1) is 13.6. The summed E-state index contributed by atoms with van der Waals surface area (Å²) in [7, 11) is -3.66. The van der Waals surface area contributed by atoms with Crippen molar-refractivity contribution in [3.05, 3.63) is 30.9 Å². The average molecular weight is 306 g/mol. The molecule has 0 bridgehead atoms. The van der Waals surface area contributed by atoms with Crippen LogP contribution in [0.5, 0.6) is 0 Å². The SMILES string of the molecule is CC(C)n1ncc2cc(NS(=O)(=O)c3cn[nH]c3)cnc21. The van der Waals surface area contributed by atoms with Crippen LogP contribution in [0.15, 0.2) is 35.7 Å². The summed E-state index contributed by atoms with van der Waals surface area (Å²) in [5, 5.41) is 11.1. The first-order valence-corrected chi connectivity index (χ1v) is 7.80. The number of rotatable bonds is 4. The number of anilines is 1. The minimum absolute atomic E-state index is 0.0699. The lowest BCUT2D eigenvalue weighted by Gasteiger charge is -2.08. The standard InChI is InChI=1S/C12H14N6O2S/c1-8(2)18-12-9(4-16-18)3-10(5-13-12)17-21(19,20)11-6-14-15-7-11/h3-8,17H,1-2H3,(H,14,15). The maximum Gasteiger partial charge on any atom is 0.265 e. The molecule has 8 nitrogen and oxygen atoms in total. The number of hydrogen-bond acceptors (Lipinski definition) is 5. The van der Waals surface area contributed by atoms with E-state index >= 15 is 0 Å². The summed E-state index contributed by atoms with van der Waals surface area (Å²) in [5.74, 6) is 0. The first-order valence-electron chi connectivity index (χ1n) is 6.32. The van der Waals surface area contributed by atoms with Gasteiger partial charge in [0.25, 0.3) is 10.0 Å². The highest BCUT2D eigenvalue weighted by Gasteiger charge is 2.16. The van der Waals surface area contributed by atoms with Gasteiger partial charge in [-0.1, -0.05) is 0 Å². The van der Waals surface area contributed by atoms with Crippen LogP contribution < -0.4 is 4.72 Å². The van der Waals surface area contributed by atoms with E-state index in [1.54, 1.807) is 16.9 Å². The van der Waals surface area contributed by atoms with E-state index in [2.05, 4.69) is 25.0 Å². The summed E-state index contributed by atoms with van der Waals surface area (Å²) in [4.78, 5) is 4.35. The molecule has 0 aromatic carbocycles. The zero-order valence-electron chi connectivity index (χ0n) is 11.5. The third kappa shape index (κ3) is 2.47. The Morgan fingerprint density at radius 1 is 1.29 bits per heavy atom. The first-order chi connectivity index (χ1) is 9.97. The van der Waals surface area contributed by atoms with Gasteiger partial charge in [-0.3, -0.25) is 9.82 Å². The molecule has 0 saturated heterocycles. The molecule has 0 amide bonds. The van der Waals surface area contributed by atoms with Gasteiger partial charge in [-0.2, -0.15) is 10.2 Å². The highest BCUT2D eigenvalue weighted by atomic mass is 32.2. The fourth-order valence-corrected chi connectivity index (χ4v) is 2.91. The van der Waals surface area contributed by atoms with Crippen LogP contribution in [0, 0.1) is 0 Å². The Balaban J connectivity index is 1.96. The second kappa shape index (κ2) is 4.85. The van der Waals surface area contributed by atoms with E-state index < -0.39 is 10.0 Å². The Morgan fingerprint density at radius 3 is 2.76 bits per heavy atom. The van der Waals surface area contributed by atoms with Crippen molar-refractivity contribution in [1.29, 1.82) is 0 Å². The van der Waals surface area contributed by atoms with Crippen molar-refractivity contribution in [2.24, 2.45) is 0 Å². The number of hydrogen-bond donors (Lipinski definition) is 2. The predicted octanol–water partition coefficient (Wildman–Crippen LogP) is 1.54. The van der Waals surface area contributed by atoms with E-state index in [4.69, 9.17) is 0 Å². The maximum atomic E-state index is 12.1.